The highest BCUT2D eigenvalue weighted by Gasteiger charge is 2.23. The fourth-order valence-electron chi connectivity index (χ4n) is 2.45. The van der Waals surface area contributed by atoms with Crippen molar-refractivity contribution in [3.05, 3.63) is 28.4 Å². The zero-order chi connectivity index (χ0) is 13.0. The van der Waals surface area contributed by atoms with Crippen LogP contribution in [0.15, 0.2) is 18.3 Å². The molecule has 1 saturated heterocycles. The lowest BCUT2D eigenvalue weighted by molar-refractivity contribution is -0.385. The van der Waals surface area contributed by atoms with Gasteiger partial charge < -0.3 is 10.6 Å². The van der Waals surface area contributed by atoms with Gasteiger partial charge in [0.05, 0.1) is 4.92 Å². The fourth-order valence-corrected chi connectivity index (χ4v) is 2.45. The van der Waals surface area contributed by atoms with Crippen LogP contribution in [0.4, 0.5) is 11.5 Å². The largest absolute Gasteiger partial charge is 0.354 e. The molecule has 1 aromatic rings. The highest BCUT2D eigenvalue weighted by atomic mass is 16.6. The van der Waals surface area contributed by atoms with Crippen LogP contribution in [0.25, 0.3) is 0 Å². The first kappa shape index (κ1) is 12.8. The molecule has 1 aliphatic rings. The van der Waals surface area contributed by atoms with E-state index in [0.29, 0.717) is 12.6 Å². The summed E-state index contributed by atoms with van der Waals surface area (Å²) in [5, 5.41) is 10.6. The Bertz CT molecular complexity index is 405. The Balaban J connectivity index is 2.15. The van der Waals surface area contributed by atoms with Gasteiger partial charge in [0, 0.05) is 18.7 Å². The number of pyridine rings is 1. The molecule has 18 heavy (non-hydrogen) atoms. The van der Waals surface area contributed by atoms with Crippen LogP contribution < -0.4 is 10.6 Å². The number of hydrogen-bond donors (Lipinski definition) is 1. The minimum atomic E-state index is -0.426. The predicted molar refractivity (Wildman–Crippen MR) is 69.5 cm³/mol. The average Bonchev–Trinajstić information content (AvgIpc) is 2.40. The van der Waals surface area contributed by atoms with Gasteiger partial charge in [-0.2, -0.15) is 0 Å². The van der Waals surface area contributed by atoms with Gasteiger partial charge in [-0.05, 0) is 38.3 Å². The molecule has 0 bridgehead atoms. The van der Waals surface area contributed by atoms with Crippen LogP contribution in [-0.2, 0) is 0 Å². The summed E-state index contributed by atoms with van der Waals surface area (Å²) in [7, 11) is 0. The first-order valence-electron chi connectivity index (χ1n) is 6.29. The van der Waals surface area contributed by atoms with Gasteiger partial charge >= 0.3 is 0 Å². The molecule has 0 aliphatic carbocycles. The van der Waals surface area contributed by atoms with Crippen molar-refractivity contribution in [3.63, 3.8) is 0 Å². The lowest BCUT2D eigenvalue weighted by atomic mass is 9.99. The van der Waals surface area contributed by atoms with Gasteiger partial charge in [-0.15, -0.1) is 0 Å². The summed E-state index contributed by atoms with van der Waals surface area (Å²) in [6.07, 6.45) is 5.74. The van der Waals surface area contributed by atoms with Crippen LogP contribution in [-0.4, -0.2) is 29.0 Å². The number of rotatable bonds is 4. The van der Waals surface area contributed by atoms with E-state index in [4.69, 9.17) is 5.73 Å². The molecule has 1 atom stereocenters. The second-order valence-electron chi connectivity index (χ2n) is 4.55. The summed E-state index contributed by atoms with van der Waals surface area (Å²) in [5.41, 5.74) is 5.66. The van der Waals surface area contributed by atoms with Crippen molar-refractivity contribution in [1.29, 1.82) is 0 Å². The maximum atomic E-state index is 10.6. The van der Waals surface area contributed by atoms with E-state index in [2.05, 4.69) is 9.88 Å². The minimum absolute atomic E-state index is 0.0335. The molecule has 2 N–H and O–H groups in total. The highest BCUT2D eigenvalue weighted by Crippen LogP contribution is 2.25. The van der Waals surface area contributed by atoms with Crippen molar-refractivity contribution in [3.8, 4) is 0 Å². The summed E-state index contributed by atoms with van der Waals surface area (Å²) in [6, 6.07) is 3.65. The van der Waals surface area contributed by atoms with E-state index in [0.717, 1.165) is 31.6 Å². The van der Waals surface area contributed by atoms with Gasteiger partial charge in [0.1, 0.15) is 12.0 Å². The van der Waals surface area contributed by atoms with E-state index >= 15 is 0 Å². The standard InChI is InChI=1S/C12H18N4O2/c13-7-6-10-3-1-2-8-15(10)12-5-4-11(9-14-12)16(17)18/h4-5,9-10H,1-3,6-8,13H2. The SMILES string of the molecule is NCCC1CCCCN1c1ccc([N+](=O)[O-])cn1. The maximum absolute atomic E-state index is 10.6. The Labute approximate surface area is 106 Å². The van der Waals surface area contributed by atoms with Crippen LogP contribution in [0.5, 0.6) is 0 Å². The summed E-state index contributed by atoms with van der Waals surface area (Å²) in [5.74, 6) is 0.818. The molecule has 6 heteroatoms. The van der Waals surface area contributed by atoms with Gasteiger partial charge in [-0.25, -0.2) is 4.98 Å². The normalized spacial score (nSPS) is 19.8. The zero-order valence-corrected chi connectivity index (χ0v) is 10.3. The zero-order valence-electron chi connectivity index (χ0n) is 10.3. The van der Waals surface area contributed by atoms with E-state index in [9.17, 15) is 10.1 Å². The van der Waals surface area contributed by atoms with Crippen molar-refractivity contribution in [2.45, 2.75) is 31.7 Å². The van der Waals surface area contributed by atoms with Gasteiger partial charge in [0.25, 0.3) is 5.69 Å². The van der Waals surface area contributed by atoms with Crippen molar-refractivity contribution >= 4 is 11.5 Å². The molecule has 0 amide bonds. The topological polar surface area (TPSA) is 85.3 Å². The lowest BCUT2D eigenvalue weighted by Gasteiger charge is -2.36. The van der Waals surface area contributed by atoms with Crippen LogP contribution in [0, 0.1) is 10.1 Å². The number of piperidine rings is 1. The van der Waals surface area contributed by atoms with E-state index in [-0.39, 0.29) is 5.69 Å². The Kier molecular flexibility index (Phi) is 4.09. The summed E-state index contributed by atoms with van der Waals surface area (Å²) in [6.45, 7) is 1.61. The number of nitrogens with two attached hydrogens (primary N) is 1. The van der Waals surface area contributed by atoms with Crippen LogP contribution >= 0.6 is 0 Å². The predicted octanol–water partition coefficient (Wildman–Crippen LogP) is 1.70. The van der Waals surface area contributed by atoms with E-state index in [1.54, 1.807) is 6.07 Å². The molecule has 2 rings (SSSR count). The third kappa shape index (κ3) is 2.76. The van der Waals surface area contributed by atoms with Crippen molar-refractivity contribution < 1.29 is 4.92 Å². The van der Waals surface area contributed by atoms with Gasteiger partial charge in [0.2, 0.25) is 0 Å². The number of aromatic nitrogens is 1. The van der Waals surface area contributed by atoms with Crippen molar-refractivity contribution in [2.24, 2.45) is 5.73 Å². The Morgan fingerprint density at radius 1 is 1.50 bits per heavy atom. The molecule has 1 unspecified atom stereocenters. The third-order valence-corrected chi connectivity index (χ3v) is 3.36. The number of anilines is 1. The molecular formula is C12H18N4O2. The molecule has 2 heterocycles. The monoisotopic (exact) mass is 250 g/mol. The molecule has 0 saturated carbocycles. The van der Waals surface area contributed by atoms with Crippen LogP contribution in [0.3, 0.4) is 0 Å². The van der Waals surface area contributed by atoms with E-state index in [1.807, 2.05) is 0 Å². The van der Waals surface area contributed by atoms with E-state index < -0.39 is 4.92 Å². The average molecular weight is 250 g/mol. The number of hydrogen-bond acceptors (Lipinski definition) is 5. The highest BCUT2D eigenvalue weighted by molar-refractivity contribution is 5.44. The second kappa shape index (κ2) is 5.77. The summed E-state index contributed by atoms with van der Waals surface area (Å²) < 4.78 is 0. The van der Waals surface area contributed by atoms with E-state index in [1.165, 1.54) is 18.7 Å². The number of nitro groups is 1. The summed E-state index contributed by atoms with van der Waals surface area (Å²) >= 11 is 0. The lowest BCUT2D eigenvalue weighted by Crippen LogP contribution is -2.41. The minimum Gasteiger partial charge on any atom is -0.354 e. The summed E-state index contributed by atoms with van der Waals surface area (Å²) in [4.78, 5) is 16.6. The molecule has 1 aliphatic heterocycles. The molecule has 1 fully saturated rings. The molecular weight excluding hydrogens is 232 g/mol. The van der Waals surface area contributed by atoms with Crippen LogP contribution in [0.1, 0.15) is 25.7 Å². The molecule has 98 valence electrons. The molecule has 1 aromatic heterocycles. The quantitative estimate of drug-likeness (QED) is 0.649. The fraction of sp³-hybridized carbons (Fsp3) is 0.583. The van der Waals surface area contributed by atoms with Crippen molar-refractivity contribution in [1.82, 2.24) is 4.98 Å². The van der Waals surface area contributed by atoms with Crippen molar-refractivity contribution in [2.75, 3.05) is 18.0 Å². The Morgan fingerprint density at radius 2 is 2.33 bits per heavy atom. The molecule has 0 radical (unpaired) electrons. The second-order valence-corrected chi connectivity index (χ2v) is 4.55. The molecule has 0 spiro atoms. The number of nitrogens with zero attached hydrogens (tertiary/aromatic N) is 3. The van der Waals surface area contributed by atoms with Gasteiger partial charge in [-0.1, -0.05) is 0 Å². The third-order valence-electron chi connectivity index (χ3n) is 3.36. The first-order valence-corrected chi connectivity index (χ1v) is 6.29. The molecule has 0 aromatic carbocycles. The Morgan fingerprint density at radius 3 is 2.94 bits per heavy atom. The van der Waals surface area contributed by atoms with Gasteiger partial charge in [-0.3, -0.25) is 10.1 Å². The van der Waals surface area contributed by atoms with Gasteiger partial charge in [0.15, 0.2) is 0 Å². The maximum Gasteiger partial charge on any atom is 0.287 e. The molecule has 6 nitrogen and oxygen atoms in total. The smallest absolute Gasteiger partial charge is 0.287 e. The Hall–Kier alpha value is -1.69. The first-order chi connectivity index (χ1) is 8.72. The van der Waals surface area contributed by atoms with Crippen LogP contribution in [0.2, 0.25) is 0 Å².